The van der Waals surface area contributed by atoms with E-state index in [9.17, 15) is 9.32 Å². The van der Waals surface area contributed by atoms with Crippen molar-refractivity contribution in [1.82, 2.24) is 0 Å². The van der Waals surface area contributed by atoms with Crippen LogP contribution in [0.15, 0.2) is 83.8 Å². The summed E-state index contributed by atoms with van der Waals surface area (Å²) in [4.78, 5) is 0.743. The molecule has 0 heterocycles. The number of phenolic OH excluding ortho intramolecular Hbond substituents is 1. The van der Waals surface area contributed by atoms with Gasteiger partial charge in [0.15, 0.2) is 0 Å². The molecule has 1 N–H and O–H groups in total. The van der Waals surface area contributed by atoms with E-state index in [1.165, 1.54) is 0 Å². The largest absolute Gasteiger partial charge is 0.507 e. The molecule has 3 aromatic rings. The maximum Gasteiger partial charge on any atom is 0.123 e. The van der Waals surface area contributed by atoms with Gasteiger partial charge < -0.3 is 5.11 Å². The molecule has 0 bridgehead atoms. The summed E-state index contributed by atoms with van der Waals surface area (Å²) in [5.74, 6) is 0.664. The lowest BCUT2D eigenvalue weighted by Gasteiger charge is -2.11. The zero-order chi connectivity index (χ0) is 15.4. The Morgan fingerprint density at radius 2 is 1.32 bits per heavy atom. The Labute approximate surface area is 132 Å². The second-order valence-corrected chi connectivity index (χ2v) is 6.41. The zero-order valence-electron chi connectivity index (χ0n) is 12.0. The van der Waals surface area contributed by atoms with Gasteiger partial charge in [0.1, 0.15) is 5.75 Å². The fraction of sp³-hybridized carbons (Fsp3) is 0.0526. The maximum absolute atomic E-state index is 12.7. The van der Waals surface area contributed by atoms with Crippen molar-refractivity contribution in [3.63, 3.8) is 0 Å². The predicted molar refractivity (Wildman–Crippen MR) is 90.1 cm³/mol. The first-order chi connectivity index (χ1) is 10.8. The molecule has 0 amide bonds. The highest BCUT2D eigenvalue weighted by Crippen LogP contribution is 2.33. The minimum Gasteiger partial charge on any atom is -0.507 e. The highest BCUT2D eigenvalue weighted by atomic mass is 32.2. The summed E-state index contributed by atoms with van der Waals surface area (Å²) in [5, 5.41) is 10.1. The van der Waals surface area contributed by atoms with Gasteiger partial charge in [-0.1, -0.05) is 66.7 Å². The van der Waals surface area contributed by atoms with Crippen LogP contribution >= 0.6 is 0 Å². The van der Waals surface area contributed by atoms with Crippen LogP contribution in [-0.2, 0) is 16.6 Å². The number of benzene rings is 3. The van der Waals surface area contributed by atoms with Gasteiger partial charge in [-0.15, -0.1) is 0 Å². The van der Waals surface area contributed by atoms with Crippen molar-refractivity contribution in [3.05, 3.63) is 84.4 Å². The van der Waals surface area contributed by atoms with Gasteiger partial charge in [-0.05, 0) is 17.7 Å². The highest BCUT2D eigenvalue weighted by molar-refractivity contribution is 7.84. The second kappa shape index (κ2) is 6.58. The molecule has 0 saturated heterocycles. The quantitative estimate of drug-likeness (QED) is 0.777. The van der Waals surface area contributed by atoms with Crippen molar-refractivity contribution in [1.29, 1.82) is 0 Å². The van der Waals surface area contributed by atoms with Crippen molar-refractivity contribution in [2.75, 3.05) is 0 Å². The molecule has 0 aromatic heterocycles. The molecule has 0 aliphatic rings. The summed E-state index contributed by atoms with van der Waals surface area (Å²) in [6, 6.07) is 24.4. The van der Waals surface area contributed by atoms with E-state index in [2.05, 4.69) is 0 Å². The number of para-hydroxylation sites is 1. The summed E-state index contributed by atoms with van der Waals surface area (Å²) in [7, 11) is -1.17. The first-order valence-corrected chi connectivity index (χ1v) is 8.37. The molecule has 3 aromatic carbocycles. The Morgan fingerprint density at radius 1 is 0.727 bits per heavy atom. The molecule has 110 valence electrons. The van der Waals surface area contributed by atoms with Crippen LogP contribution in [0.3, 0.4) is 0 Å². The minimum absolute atomic E-state index is 0.201. The molecule has 0 aliphatic heterocycles. The van der Waals surface area contributed by atoms with Gasteiger partial charge in [-0.3, -0.25) is 4.21 Å². The standard InChI is InChI=1S/C19H16O2S/c20-18-12-6-4-10-16(18)17-11-5-7-13-19(17)22(21)14-15-8-2-1-3-9-15/h1-13,20H,14H2. The lowest BCUT2D eigenvalue weighted by molar-refractivity contribution is 0.477. The van der Waals surface area contributed by atoms with Crippen LogP contribution in [0, 0.1) is 0 Å². The minimum atomic E-state index is -1.17. The molecule has 0 aliphatic carbocycles. The molecule has 1 unspecified atom stereocenters. The number of phenols is 1. The summed E-state index contributed by atoms with van der Waals surface area (Å²) in [5.41, 5.74) is 2.56. The maximum atomic E-state index is 12.7. The normalized spacial score (nSPS) is 12.0. The molecular formula is C19H16O2S. The van der Waals surface area contributed by atoms with Gasteiger partial charge >= 0.3 is 0 Å². The predicted octanol–water partition coefficient (Wildman–Crippen LogP) is 4.37. The smallest absolute Gasteiger partial charge is 0.123 e. The molecule has 3 rings (SSSR count). The van der Waals surface area contributed by atoms with E-state index in [1.54, 1.807) is 12.1 Å². The Bertz CT molecular complexity index is 797. The van der Waals surface area contributed by atoms with Gasteiger partial charge in [0, 0.05) is 16.0 Å². The summed E-state index contributed by atoms with van der Waals surface area (Å²) in [6.07, 6.45) is 0. The van der Waals surface area contributed by atoms with E-state index >= 15 is 0 Å². The Morgan fingerprint density at radius 3 is 2.05 bits per heavy atom. The lowest BCUT2D eigenvalue weighted by atomic mass is 10.0. The van der Waals surface area contributed by atoms with Crippen LogP contribution in [0.4, 0.5) is 0 Å². The molecular weight excluding hydrogens is 292 g/mol. The Balaban J connectivity index is 1.98. The van der Waals surface area contributed by atoms with E-state index < -0.39 is 10.8 Å². The Hall–Kier alpha value is -2.39. The zero-order valence-corrected chi connectivity index (χ0v) is 12.8. The monoisotopic (exact) mass is 308 g/mol. The third-order valence-electron chi connectivity index (χ3n) is 3.47. The molecule has 0 radical (unpaired) electrons. The molecule has 3 heteroatoms. The van der Waals surface area contributed by atoms with Crippen molar-refractivity contribution < 1.29 is 9.32 Å². The molecule has 0 saturated carbocycles. The van der Waals surface area contributed by atoms with Gasteiger partial charge in [0.25, 0.3) is 0 Å². The molecule has 0 spiro atoms. The highest BCUT2D eigenvalue weighted by Gasteiger charge is 2.13. The number of aromatic hydroxyl groups is 1. The topological polar surface area (TPSA) is 37.3 Å². The summed E-state index contributed by atoms with van der Waals surface area (Å²) >= 11 is 0. The van der Waals surface area contributed by atoms with Crippen molar-refractivity contribution in [3.8, 4) is 16.9 Å². The molecule has 0 fully saturated rings. The van der Waals surface area contributed by atoms with Gasteiger partial charge in [0.2, 0.25) is 0 Å². The van der Waals surface area contributed by atoms with Crippen molar-refractivity contribution >= 4 is 10.8 Å². The van der Waals surface area contributed by atoms with E-state index in [-0.39, 0.29) is 5.75 Å². The van der Waals surface area contributed by atoms with Crippen LogP contribution in [0.1, 0.15) is 5.56 Å². The summed E-state index contributed by atoms with van der Waals surface area (Å²) < 4.78 is 12.7. The third-order valence-corrected chi connectivity index (χ3v) is 4.91. The summed E-state index contributed by atoms with van der Waals surface area (Å²) in [6.45, 7) is 0. The fourth-order valence-corrected chi connectivity index (χ4v) is 3.70. The average molecular weight is 308 g/mol. The van der Waals surface area contributed by atoms with Crippen LogP contribution in [0.5, 0.6) is 5.75 Å². The third kappa shape index (κ3) is 3.10. The number of rotatable bonds is 4. The molecule has 1 atom stereocenters. The molecule has 22 heavy (non-hydrogen) atoms. The van der Waals surface area contributed by atoms with Crippen molar-refractivity contribution in [2.45, 2.75) is 10.6 Å². The fourth-order valence-electron chi connectivity index (χ4n) is 2.39. The second-order valence-electron chi connectivity index (χ2n) is 4.99. The van der Waals surface area contributed by atoms with Crippen LogP contribution in [0.25, 0.3) is 11.1 Å². The van der Waals surface area contributed by atoms with Crippen LogP contribution < -0.4 is 0 Å². The van der Waals surface area contributed by atoms with E-state index in [1.807, 2.05) is 66.7 Å². The van der Waals surface area contributed by atoms with Crippen LogP contribution in [0.2, 0.25) is 0 Å². The van der Waals surface area contributed by atoms with E-state index in [0.717, 1.165) is 16.0 Å². The molecule has 2 nitrogen and oxygen atoms in total. The van der Waals surface area contributed by atoms with Gasteiger partial charge in [-0.2, -0.15) is 0 Å². The number of hydrogen-bond donors (Lipinski definition) is 1. The first-order valence-electron chi connectivity index (χ1n) is 7.05. The Kier molecular flexibility index (Phi) is 4.35. The first kappa shape index (κ1) is 14.5. The van der Waals surface area contributed by atoms with Crippen LogP contribution in [-0.4, -0.2) is 9.32 Å². The SMILES string of the molecule is O=S(Cc1ccccc1)c1ccccc1-c1ccccc1O. The van der Waals surface area contributed by atoms with Gasteiger partial charge in [0.05, 0.1) is 16.6 Å². The van der Waals surface area contributed by atoms with Crippen molar-refractivity contribution in [2.24, 2.45) is 0 Å². The lowest BCUT2D eigenvalue weighted by Crippen LogP contribution is -1.98. The van der Waals surface area contributed by atoms with Gasteiger partial charge in [-0.25, -0.2) is 0 Å². The van der Waals surface area contributed by atoms with E-state index in [4.69, 9.17) is 0 Å². The number of hydrogen-bond acceptors (Lipinski definition) is 2. The van der Waals surface area contributed by atoms with E-state index in [0.29, 0.717) is 11.3 Å². The average Bonchev–Trinajstić information content (AvgIpc) is 2.56.